The molecular formula is C12H12N2O5S2. The Bertz CT molecular complexity index is 864. The maximum absolute atomic E-state index is 12.3. The van der Waals surface area contributed by atoms with Gasteiger partial charge in [0.25, 0.3) is 10.0 Å². The molecule has 1 heterocycles. The summed E-state index contributed by atoms with van der Waals surface area (Å²) in [6.45, 7) is 3.13. The predicted octanol–water partition coefficient (Wildman–Crippen LogP) is 1.55. The monoisotopic (exact) mass is 328 g/mol. The predicted molar refractivity (Wildman–Crippen MR) is 78.6 cm³/mol. The Morgan fingerprint density at radius 2 is 2.00 bits per heavy atom. The molecule has 0 fully saturated rings. The second-order valence-electron chi connectivity index (χ2n) is 4.37. The molecule has 2 rings (SSSR count). The second-order valence-corrected chi connectivity index (χ2v) is 7.23. The van der Waals surface area contributed by atoms with Crippen LogP contribution in [0, 0.1) is 13.8 Å². The van der Waals surface area contributed by atoms with Gasteiger partial charge < -0.3 is 10.1 Å². The van der Waals surface area contributed by atoms with Crippen LogP contribution in [0.25, 0.3) is 0 Å². The van der Waals surface area contributed by atoms with Gasteiger partial charge in [0.1, 0.15) is 0 Å². The number of hydrogen-bond acceptors (Lipinski definition) is 5. The molecule has 0 saturated carbocycles. The molecule has 112 valence electrons. The average molecular weight is 328 g/mol. The maximum atomic E-state index is 12.3. The van der Waals surface area contributed by atoms with Gasteiger partial charge in [-0.05, 0) is 31.5 Å². The van der Waals surface area contributed by atoms with Crippen molar-refractivity contribution < 1.29 is 18.3 Å². The Kier molecular flexibility index (Phi) is 3.88. The Balaban J connectivity index is 2.46. The lowest BCUT2D eigenvalue weighted by atomic mass is 10.1. The summed E-state index contributed by atoms with van der Waals surface area (Å²) in [4.78, 5) is 24.1. The molecule has 0 aliphatic carbocycles. The molecule has 1 aromatic carbocycles. The third-order valence-electron chi connectivity index (χ3n) is 2.75. The summed E-state index contributed by atoms with van der Waals surface area (Å²) in [5, 5.41) is 8.94. The minimum Gasteiger partial charge on any atom is -0.478 e. The lowest BCUT2D eigenvalue weighted by Crippen LogP contribution is -2.14. The van der Waals surface area contributed by atoms with Crippen molar-refractivity contribution >= 4 is 33.0 Å². The molecule has 0 unspecified atom stereocenters. The average Bonchev–Trinajstić information content (AvgIpc) is 2.71. The number of carbonyl (C=O) groups is 1. The number of rotatable bonds is 4. The van der Waals surface area contributed by atoms with E-state index in [0.29, 0.717) is 16.9 Å². The summed E-state index contributed by atoms with van der Waals surface area (Å²) in [5.74, 6) is -1.15. The summed E-state index contributed by atoms with van der Waals surface area (Å²) < 4.78 is 26.7. The van der Waals surface area contributed by atoms with E-state index < -0.39 is 20.9 Å². The summed E-state index contributed by atoms with van der Waals surface area (Å²) in [7, 11) is -3.94. The number of hydrogen-bond donors (Lipinski definition) is 3. The first-order chi connectivity index (χ1) is 9.70. The topological polar surface area (TPSA) is 116 Å². The van der Waals surface area contributed by atoms with Crippen molar-refractivity contribution in [3.05, 3.63) is 44.7 Å². The highest BCUT2D eigenvalue weighted by Crippen LogP contribution is 2.23. The molecular weight excluding hydrogens is 316 g/mol. The molecule has 2 aromatic rings. The Morgan fingerprint density at radius 1 is 1.33 bits per heavy atom. The third kappa shape index (κ3) is 3.14. The van der Waals surface area contributed by atoms with Gasteiger partial charge in [0.2, 0.25) is 0 Å². The number of sulfonamides is 1. The van der Waals surface area contributed by atoms with Crippen LogP contribution < -0.4 is 9.60 Å². The smallest absolute Gasteiger partial charge is 0.335 e. The first-order valence-corrected chi connectivity index (χ1v) is 8.07. The quantitative estimate of drug-likeness (QED) is 0.787. The molecule has 3 N–H and O–H groups in total. The zero-order chi connectivity index (χ0) is 15.8. The van der Waals surface area contributed by atoms with Crippen molar-refractivity contribution in [2.75, 3.05) is 4.72 Å². The molecule has 0 aliphatic heterocycles. The van der Waals surface area contributed by atoms with Crippen LogP contribution in [0.2, 0.25) is 0 Å². The number of thiazole rings is 1. The first-order valence-electron chi connectivity index (χ1n) is 5.77. The van der Waals surface area contributed by atoms with Crippen molar-refractivity contribution in [3.63, 3.8) is 0 Å². The zero-order valence-corrected chi connectivity index (χ0v) is 12.8. The van der Waals surface area contributed by atoms with Crippen LogP contribution >= 0.6 is 11.3 Å². The van der Waals surface area contributed by atoms with Crippen LogP contribution in [0.15, 0.2) is 27.2 Å². The number of nitrogens with one attached hydrogen (secondary N) is 2. The fraction of sp³-hybridized carbons (Fsp3) is 0.167. The summed E-state index contributed by atoms with van der Waals surface area (Å²) in [6, 6.07) is 4.13. The third-order valence-corrected chi connectivity index (χ3v) is 5.72. The first kappa shape index (κ1) is 15.3. The van der Waals surface area contributed by atoms with Crippen molar-refractivity contribution in [2.24, 2.45) is 0 Å². The van der Waals surface area contributed by atoms with Crippen LogP contribution in [0.1, 0.15) is 21.6 Å². The zero-order valence-electron chi connectivity index (χ0n) is 11.1. The number of aromatic amines is 1. The number of aromatic carboxylic acids is 1. The normalized spacial score (nSPS) is 11.3. The van der Waals surface area contributed by atoms with E-state index in [1.807, 2.05) is 0 Å². The molecule has 0 spiro atoms. The van der Waals surface area contributed by atoms with Crippen LogP contribution in [0.3, 0.4) is 0 Å². The number of benzene rings is 1. The number of carboxylic acid groups (broad SMARTS) is 1. The Labute approximate surface area is 124 Å². The summed E-state index contributed by atoms with van der Waals surface area (Å²) in [6.07, 6.45) is 0. The van der Waals surface area contributed by atoms with Crippen LogP contribution in [-0.2, 0) is 10.0 Å². The molecule has 0 radical (unpaired) electrons. The van der Waals surface area contributed by atoms with Gasteiger partial charge in [0.15, 0.2) is 4.21 Å². The van der Waals surface area contributed by atoms with E-state index >= 15 is 0 Å². The highest BCUT2D eigenvalue weighted by atomic mass is 32.2. The Morgan fingerprint density at radius 3 is 2.52 bits per heavy atom. The number of carboxylic acids is 1. The second kappa shape index (κ2) is 5.34. The number of H-pyrrole nitrogens is 1. The van der Waals surface area contributed by atoms with Gasteiger partial charge >= 0.3 is 10.8 Å². The molecule has 0 bridgehead atoms. The van der Waals surface area contributed by atoms with Crippen LogP contribution in [0.4, 0.5) is 5.69 Å². The molecule has 7 nitrogen and oxygen atoms in total. The van der Waals surface area contributed by atoms with Gasteiger partial charge in [-0.1, -0.05) is 17.4 Å². The van der Waals surface area contributed by atoms with E-state index in [9.17, 15) is 18.0 Å². The lowest BCUT2D eigenvalue weighted by molar-refractivity contribution is 0.0697. The van der Waals surface area contributed by atoms with E-state index in [1.165, 1.54) is 25.1 Å². The van der Waals surface area contributed by atoms with Crippen molar-refractivity contribution in [1.82, 2.24) is 4.98 Å². The molecule has 0 amide bonds. The van der Waals surface area contributed by atoms with Gasteiger partial charge in [-0.2, -0.15) is 0 Å². The van der Waals surface area contributed by atoms with Gasteiger partial charge in [0.05, 0.1) is 11.3 Å². The fourth-order valence-corrected chi connectivity index (χ4v) is 4.13. The minimum absolute atomic E-state index is 0.0303. The minimum atomic E-state index is -3.94. The lowest BCUT2D eigenvalue weighted by Gasteiger charge is -2.10. The van der Waals surface area contributed by atoms with Crippen molar-refractivity contribution in [2.45, 2.75) is 18.1 Å². The van der Waals surface area contributed by atoms with Gasteiger partial charge in [0, 0.05) is 5.69 Å². The summed E-state index contributed by atoms with van der Waals surface area (Å²) >= 11 is 0.579. The standard InChI is InChI=1S/C12H12N2O5S2/c1-6-3-4-8(10(15)16)5-9(6)14-21(18,19)11-7(2)13-12(17)20-11/h3-5,14H,1-2H3,(H,13,17)(H,15,16). The highest BCUT2D eigenvalue weighted by molar-refractivity contribution is 7.94. The molecule has 1 aromatic heterocycles. The number of aromatic nitrogens is 1. The molecule has 0 aliphatic rings. The summed E-state index contributed by atoms with van der Waals surface area (Å²) in [5.41, 5.74) is 0.945. The van der Waals surface area contributed by atoms with E-state index in [1.54, 1.807) is 6.92 Å². The molecule has 0 atom stereocenters. The highest BCUT2D eigenvalue weighted by Gasteiger charge is 2.21. The fourth-order valence-electron chi connectivity index (χ4n) is 1.70. The number of anilines is 1. The molecule has 9 heteroatoms. The van der Waals surface area contributed by atoms with Gasteiger partial charge in [-0.15, -0.1) is 0 Å². The van der Waals surface area contributed by atoms with E-state index in [-0.39, 0.29) is 21.2 Å². The van der Waals surface area contributed by atoms with Gasteiger partial charge in [-0.3, -0.25) is 9.52 Å². The van der Waals surface area contributed by atoms with Crippen LogP contribution in [-0.4, -0.2) is 24.5 Å². The maximum Gasteiger partial charge on any atom is 0.335 e. The van der Waals surface area contributed by atoms with E-state index in [0.717, 1.165) is 0 Å². The molecule has 21 heavy (non-hydrogen) atoms. The molecule has 0 saturated heterocycles. The van der Waals surface area contributed by atoms with Crippen molar-refractivity contribution in [1.29, 1.82) is 0 Å². The number of aryl methyl sites for hydroxylation is 2. The van der Waals surface area contributed by atoms with E-state index in [2.05, 4.69) is 9.71 Å². The largest absolute Gasteiger partial charge is 0.478 e. The van der Waals surface area contributed by atoms with Gasteiger partial charge in [-0.25, -0.2) is 13.2 Å². The SMILES string of the molecule is Cc1ccc(C(=O)O)cc1NS(=O)(=O)c1sc(=O)[nH]c1C. The van der Waals surface area contributed by atoms with Crippen LogP contribution in [0.5, 0.6) is 0 Å². The Hall–Kier alpha value is -2.13. The van der Waals surface area contributed by atoms with E-state index in [4.69, 9.17) is 5.11 Å². The van der Waals surface area contributed by atoms with Crippen molar-refractivity contribution in [3.8, 4) is 0 Å².